The largest absolute Gasteiger partial charge is 0.298 e. The molecular weight excluding hydrogens is 324 g/mol. The van der Waals surface area contributed by atoms with Gasteiger partial charge in [0, 0.05) is 6.07 Å². The molecular formula is C11H9F2N3O3S2. The number of sulfonamides is 1. The van der Waals surface area contributed by atoms with Crippen LogP contribution in [0, 0.1) is 18.6 Å². The molecule has 0 saturated heterocycles. The van der Waals surface area contributed by atoms with E-state index in [0.29, 0.717) is 17.4 Å². The second-order valence-electron chi connectivity index (χ2n) is 4.02. The zero-order valence-electron chi connectivity index (χ0n) is 10.6. The van der Waals surface area contributed by atoms with Crippen LogP contribution in [0.4, 0.5) is 13.9 Å². The molecule has 3 N–H and O–H groups in total. The lowest BCUT2D eigenvalue weighted by molar-refractivity contribution is 0.102. The third-order valence-corrected chi connectivity index (χ3v) is 5.04. The van der Waals surface area contributed by atoms with E-state index in [0.717, 1.165) is 12.1 Å². The Morgan fingerprint density at radius 2 is 2.05 bits per heavy atom. The summed E-state index contributed by atoms with van der Waals surface area (Å²) < 4.78 is 48.5. The maximum Gasteiger partial charge on any atom is 0.260 e. The van der Waals surface area contributed by atoms with Crippen molar-refractivity contribution in [2.45, 2.75) is 11.1 Å². The number of anilines is 1. The van der Waals surface area contributed by atoms with E-state index in [4.69, 9.17) is 5.14 Å². The average Bonchev–Trinajstić information content (AvgIpc) is 2.69. The number of nitrogens with two attached hydrogens (primary N) is 1. The highest BCUT2D eigenvalue weighted by molar-refractivity contribution is 7.91. The Balaban J connectivity index is 2.28. The summed E-state index contributed by atoms with van der Waals surface area (Å²) in [5.74, 6) is -2.72. The lowest BCUT2D eigenvalue weighted by atomic mass is 10.2. The fraction of sp³-hybridized carbons (Fsp3) is 0.0909. The first-order valence-corrected chi connectivity index (χ1v) is 7.81. The standard InChI is InChI=1S/C11H9F2N3O3S2/c1-5-10(21(14,18)19)20-11(15-5)16-9(17)7-3-2-6(12)4-8(7)13/h2-4H,1H3,(H2,14,18,19)(H,15,16,17). The van der Waals surface area contributed by atoms with Crippen molar-refractivity contribution in [1.82, 2.24) is 4.98 Å². The van der Waals surface area contributed by atoms with E-state index in [1.807, 2.05) is 0 Å². The molecule has 1 aromatic carbocycles. The number of halogens is 2. The molecule has 112 valence electrons. The number of benzene rings is 1. The Hall–Kier alpha value is -1.91. The van der Waals surface area contributed by atoms with Crippen molar-refractivity contribution in [3.8, 4) is 0 Å². The van der Waals surface area contributed by atoms with Crippen molar-refractivity contribution in [1.29, 1.82) is 0 Å². The number of carbonyl (C=O) groups excluding carboxylic acids is 1. The number of hydrogen-bond acceptors (Lipinski definition) is 5. The van der Waals surface area contributed by atoms with Crippen molar-refractivity contribution in [3.05, 3.63) is 41.1 Å². The normalized spacial score (nSPS) is 11.4. The van der Waals surface area contributed by atoms with Crippen LogP contribution in [-0.4, -0.2) is 19.3 Å². The number of rotatable bonds is 3. The first-order chi connectivity index (χ1) is 9.68. The first-order valence-electron chi connectivity index (χ1n) is 5.45. The zero-order valence-corrected chi connectivity index (χ0v) is 12.2. The molecule has 6 nitrogen and oxygen atoms in total. The van der Waals surface area contributed by atoms with Crippen molar-refractivity contribution < 1.29 is 22.0 Å². The zero-order chi connectivity index (χ0) is 15.8. The van der Waals surface area contributed by atoms with Gasteiger partial charge in [-0.15, -0.1) is 0 Å². The highest BCUT2D eigenvalue weighted by Gasteiger charge is 2.20. The fourth-order valence-corrected chi connectivity index (χ4v) is 3.39. The van der Waals surface area contributed by atoms with Crippen LogP contribution in [0.2, 0.25) is 0 Å². The van der Waals surface area contributed by atoms with E-state index >= 15 is 0 Å². The highest BCUT2D eigenvalue weighted by atomic mass is 32.2. The summed E-state index contributed by atoms with van der Waals surface area (Å²) in [5, 5.41) is 7.17. The summed E-state index contributed by atoms with van der Waals surface area (Å²) in [4.78, 5) is 15.6. The maximum atomic E-state index is 13.4. The van der Waals surface area contributed by atoms with Gasteiger partial charge in [0.15, 0.2) is 9.34 Å². The van der Waals surface area contributed by atoms with Crippen LogP contribution in [-0.2, 0) is 10.0 Å². The topological polar surface area (TPSA) is 102 Å². The molecule has 0 aliphatic rings. The number of amides is 1. The minimum absolute atomic E-state index is 0.0507. The van der Waals surface area contributed by atoms with E-state index in [1.54, 1.807) is 0 Å². The average molecular weight is 333 g/mol. The fourth-order valence-electron chi connectivity index (χ4n) is 1.54. The Morgan fingerprint density at radius 1 is 1.38 bits per heavy atom. The van der Waals surface area contributed by atoms with Gasteiger partial charge >= 0.3 is 0 Å². The van der Waals surface area contributed by atoms with Gasteiger partial charge in [0.1, 0.15) is 11.6 Å². The number of nitrogens with zero attached hydrogens (tertiary/aromatic N) is 1. The van der Waals surface area contributed by atoms with Gasteiger partial charge in [-0.25, -0.2) is 27.3 Å². The molecule has 0 saturated carbocycles. The van der Waals surface area contributed by atoms with Gasteiger partial charge in [-0.1, -0.05) is 11.3 Å². The summed E-state index contributed by atoms with van der Waals surface area (Å²) >= 11 is 0.646. The van der Waals surface area contributed by atoms with E-state index < -0.39 is 27.6 Å². The predicted molar refractivity (Wildman–Crippen MR) is 72.5 cm³/mol. The van der Waals surface area contributed by atoms with E-state index in [-0.39, 0.29) is 20.6 Å². The summed E-state index contributed by atoms with van der Waals surface area (Å²) in [6.45, 7) is 1.41. The molecule has 0 aliphatic heterocycles. The minimum Gasteiger partial charge on any atom is -0.298 e. The number of thiazole rings is 1. The number of aryl methyl sites for hydroxylation is 1. The molecule has 0 atom stereocenters. The molecule has 0 bridgehead atoms. The lowest BCUT2D eigenvalue weighted by Gasteiger charge is -2.02. The van der Waals surface area contributed by atoms with Gasteiger partial charge in [0.05, 0.1) is 11.3 Å². The SMILES string of the molecule is Cc1nc(NC(=O)c2ccc(F)cc2F)sc1S(N)(=O)=O. The number of hydrogen-bond donors (Lipinski definition) is 2. The van der Waals surface area contributed by atoms with Crippen molar-refractivity contribution >= 4 is 32.4 Å². The third-order valence-electron chi connectivity index (χ3n) is 2.41. The molecule has 21 heavy (non-hydrogen) atoms. The van der Waals surface area contributed by atoms with Crippen molar-refractivity contribution in [2.75, 3.05) is 5.32 Å². The van der Waals surface area contributed by atoms with Crippen molar-refractivity contribution in [2.24, 2.45) is 5.14 Å². The number of nitrogens with one attached hydrogen (secondary N) is 1. The maximum absolute atomic E-state index is 13.4. The van der Waals surface area contributed by atoms with Crippen LogP contribution in [0.3, 0.4) is 0 Å². The van der Waals surface area contributed by atoms with Crippen LogP contribution in [0.15, 0.2) is 22.4 Å². The second kappa shape index (κ2) is 5.47. The Kier molecular flexibility index (Phi) is 4.03. The molecule has 2 aromatic rings. The monoisotopic (exact) mass is 333 g/mol. The summed E-state index contributed by atoms with van der Waals surface area (Å²) in [5.41, 5.74) is -0.265. The quantitative estimate of drug-likeness (QED) is 0.891. The Morgan fingerprint density at radius 3 is 2.57 bits per heavy atom. The van der Waals surface area contributed by atoms with Gasteiger partial charge in [-0.3, -0.25) is 10.1 Å². The van der Waals surface area contributed by atoms with E-state index in [2.05, 4.69) is 10.3 Å². The second-order valence-corrected chi connectivity index (χ2v) is 6.77. The first kappa shape index (κ1) is 15.5. The molecule has 1 heterocycles. The number of aromatic nitrogens is 1. The van der Waals surface area contributed by atoms with Crippen LogP contribution < -0.4 is 10.5 Å². The van der Waals surface area contributed by atoms with E-state index in [9.17, 15) is 22.0 Å². The summed E-state index contributed by atoms with van der Waals surface area (Å²) in [6.07, 6.45) is 0. The number of primary sulfonamides is 1. The van der Waals surface area contributed by atoms with Crippen molar-refractivity contribution in [3.63, 3.8) is 0 Å². The predicted octanol–water partition coefficient (Wildman–Crippen LogP) is 1.63. The van der Waals surface area contributed by atoms with Gasteiger partial charge in [-0.2, -0.15) is 0 Å². The summed E-state index contributed by atoms with van der Waals surface area (Å²) in [7, 11) is -3.95. The molecule has 2 rings (SSSR count). The van der Waals surface area contributed by atoms with Crippen LogP contribution in [0.1, 0.15) is 16.1 Å². The molecule has 0 spiro atoms. The van der Waals surface area contributed by atoms with E-state index in [1.165, 1.54) is 6.92 Å². The van der Waals surface area contributed by atoms with Gasteiger partial charge in [0.2, 0.25) is 10.0 Å². The van der Waals surface area contributed by atoms with Crippen LogP contribution in [0.5, 0.6) is 0 Å². The molecule has 10 heteroatoms. The number of carbonyl (C=O) groups is 1. The lowest BCUT2D eigenvalue weighted by Crippen LogP contribution is -2.13. The Bertz CT molecular complexity index is 818. The molecule has 0 aliphatic carbocycles. The highest BCUT2D eigenvalue weighted by Crippen LogP contribution is 2.26. The van der Waals surface area contributed by atoms with Crippen LogP contribution >= 0.6 is 11.3 Å². The summed E-state index contributed by atoms with van der Waals surface area (Å²) in [6, 6.07) is 2.47. The smallest absolute Gasteiger partial charge is 0.260 e. The van der Waals surface area contributed by atoms with Gasteiger partial charge in [-0.05, 0) is 19.1 Å². The molecule has 1 amide bonds. The molecule has 0 fully saturated rings. The molecule has 0 radical (unpaired) electrons. The van der Waals surface area contributed by atoms with Crippen LogP contribution in [0.25, 0.3) is 0 Å². The van der Waals surface area contributed by atoms with Gasteiger partial charge in [0.25, 0.3) is 5.91 Å². The third kappa shape index (κ3) is 3.40. The molecule has 0 unspecified atom stereocenters. The van der Waals surface area contributed by atoms with Gasteiger partial charge < -0.3 is 0 Å². The minimum atomic E-state index is -3.95. The Labute approximate surface area is 122 Å². The molecule has 1 aromatic heterocycles.